The molecule has 0 saturated carbocycles. The van der Waals surface area contributed by atoms with E-state index in [1.165, 1.54) is 0 Å². The van der Waals surface area contributed by atoms with Crippen LogP contribution in [0.25, 0.3) is 0 Å². The van der Waals surface area contributed by atoms with Gasteiger partial charge in [0.15, 0.2) is 0 Å². The van der Waals surface area contributed by atoms with Gasteiger partial charge in [0.05, 0.1) is 11.5 Å². The molecule has 0 radical (unpaired) electrons. The van der Waals surface area contributed by atoms with Crippen molar-refractivity contribution in [3.05, 3.63) is 46.5 Å². The summed E-state index contributed by atoms with van der Waals surface area (Å²) >= 11 is 0. The monoisotopic (exact) mass is 396 g/mol. The Morgan fingerprint density at radius 2 is 1.85 bits per heavy atom. The Morgan fingerprint density at radius 1 is 1.15 bits per heavy atom. The maximum atomic E-state index is 12.5. The van der Waals surface area contributed by atoms with Crippen molar-refractivity contribution < 1.29 is 32.0 Å². The highest BCUT2D eigenvalue weighted by atomic mass is 32.2. The molecule has 0 amide bonds. The molecule has 2 atom stereocenters. The predicted octanol–water partition coefficient (Wildman–Crippen LogP) is 2.53. The lowest BCUT2D eigenvalue weighted by atomic mass is 9.94. The van der Waals surface area contributed by atoms with E-state index in [-0.39, 0.29) is 0 Å². The van der Waals surface area contributed by atoms with Crippen LogP contribution < -0.4 is 0 Å². The van der Waals surface area contributed by atoms with Gasteiger partial charge in [-0.3, -0.25) is 9.35 Å². The molecular weight excluding hydrogens is 372 g/mol. The molecule has 0 spiro atoms. The number of ether oxygens (including phenoxy) is 2. The first-order valence-electron chi connectivity index (χ1n) is 8.66. The molecule has 1 aliphatic carbocycles. The SMILES string of the molecule is Cc1cc(C)c(C)c(C(=O)OC2C=CC(C(=O)OCCS(=O)(=O)O)CC2)c1. The average Bonchev–Trinajstić information content (AvgIpc) is 2.57. The Morgan fingerprint density at radius 3 is 2.44 bits per heavy atom. The Bertz CT molecular complexity index is 855. The molecule has 2 rings (SSSR count). The van der Waals surface area contributed by atoms with Crippen LogP contribution in [0.4, 0.5) is 0 Å². The predicted molar refractivity (Wildman–Crippen MR) is 99.1 cm³/mol. The van der Waals surface area contributed by atoms with Crippen LogP contribution in [-0.4, -0.2) is 43.4 Å². The van der Waals surface area contributed by atoms with Gasteiger partial charge in [-0.05, 0) is 62.4 Å². The van der Waals surface area contributed by atoms with Crippen molar-refractivity contribution in [2.75, 3.05) is 12.4 Å². The minimum Gasteiger partial charge on any atom is -0.464 e. The van der Waals surface area contributed by atoms with Crippen molar-refractivity contribution in [2.45, 2.75) is 39.7 Å². The molecule has 1 aromatic rings. The molecule has 0 fully saturated rings. The molecule has 2 unspecified atom stereocenters. The van der Waals surface area contributed by atoms with Crippen LogP contribution in [0.5, 0.6) is 0 Å². The summed E-state index contributed by atoms with van der Waals surface area (Å²) in [5.74, 6) is -2.12. The lowest BCUT2D eigenvalue weighted by Gasteiger charge is -2.22. The van der Waals surface area contributed by atoms with E-state index in [4.69, 9.17) is 14.0 Å². The molecular formula is C19H24O7S. The van der Waals surface area contributed by atoms with Gasteiger partial charge < -0.3 is 9.47 Å². The molecule has 0 saturated heterocycles. The number of hydrogen-bond donors (Lipinski definition) is 1. The lowest BCUT2D eigenvalue weighted by Crippen LogP contribution is -2.26. The minimum absolute atomic E-state index is 0.396. The van der Waals surface area contributed by atoms with E-state index in [1.54, 1.807) is 18.2 Å². The van der Waals surface area contributed by atoms with Crippen molar-refractivity contribution in [1.29, 1.82) is 0 Å². The Labute approximate surface area is 159 Å². The third-order valence-electron chi connectivity index (χ3n) is 4.50. The summed E-state index contributed by atoms with van der Waals surface area (Å²) in [6, 6.07) is 3.80. The van der Waals surface area contributed by atoms with E-state index in [2.05, 4.69) is 0 Å². The molecule has 27 heavy (non-hydrogen) atoms. The lowest BCUT2D eigenvalue weighted by molar-refractivity contribution is -0.146. The van der Waals surface area contributed by atoms with Crippen molar-refractivity contribution >= 4 is 22.1 Å². The molecule has 1 aromatic carbocycles. The van der Waals surface area contributed by atoms with Gasteiger partial charge in [-0.1, -0.05) is 12.1 Å². The van der Waals surface area contributed by atoms with Crippen LogP contribution in [0, 0.1) is 26.7 Å². The van der Waals surface area contributed by atoms with E-state index in [1.807, 2.05) is 26.8 Å². The molecule has 1 N–H and O–H groups in total. The fourth-order valence-corrected chi connectivity index (χ4v) is 3.19. The third kappa shape index (κ3) is 6.18. The van der Waals surface area contributed by atoms with Gasteiger partial charge in [-0.25, -0.2) is 4.79 Å². The smallest absolute Gasteiger partial charge is 0.339 e. The molecule has 0 aromatic heterocycles. The summed E-state index contributed by atoms with van der Waals surface area (Å²) in [5.41, 5.74) is 3.42. The van der Waals surface area contributed by atoms with Crippen LogP contribution in [-0.2, 0) is 24.4 Å². The third-order valence-corrected chi connectivity index (χ3v) is 5.18. The molecule has 1 aliphatic rings. The zero-order valence-electron chi connectivity index (χ0n) is 15.6. The first-order chi connectivity index (χ1) is 12.6. The van der Waals surface area contributed by atoms with Gasteiger partial charge in [-0.2, -0.15) is 8.42 Å². The van der Waals surface area contributed by atoms with Gasteiger partial charge >= 0.3 is 11.9 Å². The van der Waals surface area contributed by atoms with E-state index in [9.17, 15) is 18.0 Å². The first-order valence-corrected chi connectivity index (χ1v) is 10.3. The number of esters is 2. The fourth-order valence-electron chi connectivity index (χ4n) is 2.90. The molecule has 0 aliphatic heterocycles. The topological polar surface area (TPSA) is 107 Å². The molecule has 0 bridgehead atoms. The standard InChI is InChI=1S/C19H24O7S/c1-12-10-13(2)14(3)17(11-12)19(21)26-16-6-4-15(5-7-16)18(20)25-8-9-27(22,23)24/h4,6,10-11,15-16H,5,7-9H2,1-3H3,(H,22,23,24). The van der Waals surface area contributed by atoms with E-state index >= 15 is 0 Å². The summed E-state index contributed by atoms with van der Waals surface area (Å²) in [4.78, 5) is 24.4. The highest BCUT2D eigenvalue weighted by Gasteiger charge is 2.26. The van der Waals surface area contributed by atoms with E-state index in [0.29, 0.717) is 18.4 Å². The number of carbonyl (C=O) groups excluding carboxylic acids is 2. The second-order valence-corrected chi connectivity index (χ2v) is 8.29. The summed E-state index contributed by atoms with van der Waals surface area (Å²) in [7, 11) is -4.16. The highest BCUT2D eigenvalue weighted by Crippen LogP contribution is 2.23. The van der Waals surface area contributed by atoms with Gasteiger partial charge in [0.1, 0.15) is 18.5 Å². The van der Waals surface area contributed by atoms with Crippen molar-refractivity contribution in [1.82, 2.24) is 0 Å². The Kier molecular flexibility index (Phi) is 6.78. The maximum absolute atomic E-state index is 12.5. The summed E-state index contributed by atoms with van der Waals surface area (Å²) in [6.07, 6.45) is 3.70. The fraction of sp³-hybridized carbons (Fsp3) is 0.474. The van der Waals surface area contributed by atoms with Crippen LogP contribution in [0.1, 0.15) is 39.9 Å². The van der Waals surface area contributed by atoms with Gasteiger partial charge in [0.25, 0.3) is 10.1 Å². The van der Waals surface area contributed by atoms with Crippen LogP contribution >= 0.6 is 0 Å². The van der Waals surface area contributed by atoms with Crippen LogP contribution in [0.2, 0.25) is 0 Å². The maximum Gasteiger partial charge on any atom is 0.339 e. The Hall–Kier alpha value is -2.19. The highest BCUT2D eigenvalue weighted by molar-refractivity contribution is 7.85. The number of carbonyl (C=O) groups is 2. The zero-order valence-corrected chi connectivity index (χ0v) is 16.4. The quantitative estimate of drug-likeness (QED) is 0.447. The van der Waals surface area contributed by atoms with Gasteiger partial charge in [0.2, 0.25) is 0 Å². The van der Waals surface area contributed by atoms with E-state index < -0.39 is 46.4 Å². The summed E-state index contributed by atoms with van der Waals surface area (Å²) in [5, 5.41) is 0. The Balaban J connectivity index is 1.91. The molecule has 7 nitrogen and oxygen atoms in total. The zero-order chi connectivity index (χ0) is 20.2. The number of benzene rings is 1. The van der Waals surface area contributed by atoms with E-state index in [0.717, 1.165) is 16.7 Å². The minimum atomic E-state index is -4.16. The van der Waals surface area contributed by atoms with Crippen molar-refractivity contribution in [3.63, 3.8) is 0 Å². The molecule has 0 heterocycles. The number of hydrogen-bond acceptors (Lipinski definition) is 6. The normalized spacial score (nSPS) is 19.6. The van der Waals surface area contributed by atoms with Gasteiger partial charge in [-0.15, -0.1) is 0 Å². The summed E-state index contributed by atoms with van der Waals surface area (Å²) < 4.78 is 40.2. The second-order valence-electron chi connectivity index (χ2n) is 6.72. The first kappa shape index (κ1) is 21.1. The van der Waals surface area contributed by atoms with Crippen molar-refractivity contribution in [3.8, 4) is 0 Å². The van der Waals surface area contributed by atoms with Crippen molar-refractivity contribution in [2.24, 2.45) is 5.92 Å². The number of rotatable bonds is 6. The van der Waals surface area contributed by atoms with Gasteiger partial charge in [0, 0.05) is 0 Å². The summed E-state index contributed by atoms with van der Waals surface area (Å²) in [6.45, 7) is 5.34. The molecule has 148 valence electrons. The molecule has 8 heteroatoms. The van der Waals surface area contributed by atoms with Crippen LogP contribution in [0.3, 0.4) is 0 Å². The average molecular weight is 396 g/mol. The largest absolute Gasteiger partial charge is 0.464 e. The number of aryl methyl sites for hydroxylation is 2. The van der Waals surface area contributed by atoms with Crippen LogP contribution in [0.15, 0.2) is 24.3 Å². The second kappa shape index (κ2) is 8.67.